The maximum absolute atomic E-state index is 11.5. The van der Waals surface area contributed by atoms with E-state index in [0.29, 0.717) is 0 Å². The number of hydrogen-bond acceptors (Lipinski definition) is 2. The topological polar surface area (TPSA) is 54.4 Å². The van der Waals surface area contributed by atoms with Crippen LogP contribution >= 0.6 is 0 Å². The summed E-state index contributed by atoms with van der Waals surface area (Å²) >= 11 is 0. The zero-order chi connectivity index (χ0) is 20.5. The Hall–Kier alpha value is -1.64. The van der Waals surface area contributed by atoms with Gasteiger partial charge in [0.2, 0.25) is 0 Å². The number of carbonyl (C=O) groups is 2. The van der Waals surface area contributed by atoms with E-state index in [0.717, 1.165) is 57.8 Å². The first-order valence-corrected chi connectivity index (χ1v) is 10.4. The summed E-state index contributed by atoms with van der Waals surface area (Å²) in [5.41, 5.74) is 1.90. The Balaban J connectivity index is 2.24. The van der Waals surface area contributed by atoms with Crippen LogP contribution in [0.15, 0.2) is 24.3 Å². The fourth-order valence-electron chi connectivity index (χ4n) is 3.12. The minimum absolute atomic E-state index is 0.179. The molecule has 3 heteroatoms. The summed E-state index contributed by atoms with van der Waals surface area (Å²) < 4.78 is 0. The monoisotopic (exact) mass is 374 g/mol. The lowest BCUT2D eigenvalue weighted by Gasteiger charge is -2.20. The minimum Gasteiger partial charge on any atom is -0.481 e. The highest BCUT2D eigenvalue weighted by molar-refractivity contribution is 5.81. The van der Waals surface area contributed by atoms with Crippen molar-refractivity contribution in [3.05, 3.63) is 35.4 Å². The molecule has 0 aromatic heterocycles. The van der Waals surface area contributed by atoms with Crippen molar-refractivity contribution >= 4 is 11.8 Å². The molecule has 0 spiro atoms. The molecule has 1 aromatic rings. The largest absolute Gasteiger partial charge is 0.481 e. The molecule has 0 saturated heterocycles. The molecule has 0 heterocycles. The lowest BCUT2D eigenvalue weighted by Crippen LogP contribution is -2.23. The van der Waals surface area contributed by atoms with Crippen molar-refractivity contribution in [3.8, 4) is 0 Å². The number of ketones is 1. The first-order valence-electron chi connectivity index (χ1n) is 10.4. The van der Waals surface area contributed by atoms with E-state index in [4.69, 9.17) is 5.11 Å². The Morgan fingerprint density at radius 2 is 1.15 bits per heavy atom. The van der Waals surface area contributed by atoms with Gasteiger partial charge >= 0.3 is 5.97 Å². The summed E-state index contributed by atoms with van der Waals surface area (Å²) in [5.74, 6) is -0.429. The highest BCUT2D eigenvalue weighted by atomic mass is 16.4. The standard InChI is InChI=1S/C24H38O3/c1-19(25)23(2,3)17-9-6-7-11-20-13-15-21(16-14-20)12-8-10-18-24(4,5)22(26)27/h13-16H,6-12,17-18H2,1-5H3,(H,26,27). The first-order chi connectivity index (χ1) is 12.5. The molecule has 0 aliphatic heterocycles. The number of hydrogen-bond donors (Lipinski definition) is 1. The predicted molar refractivity (Wildman–Crippen MR) is 112 cm³/mol. The summed E-state index contributed by atoms with van der Waals surface area (Å²) in [4.78, 5) is 22.6. The average Bonchev–Trinajstić information content (AvgIpc) is 2.59. The van der Waals surface area contributed by atoms with Gasteiger partial charge in [-0.25, -0.2) is 0 Å². The molecule has 27 heavy (non-hydrogen) atoms. The smallest absolute Gasteiger partial charge is 0.309 e. The van der Waals surface area contributed by atoms with Gasteiger partial charge in [-0.15, -0.1) is 0 Å². The van der Waals surface area contributed by atoms with E-state index in [1.807, 2.05) is 13.8 Å². The highest BCUT2D eigenvalue weighted by Crippen LogP contribution is 2.25. The van der Waals surface area contributed by atoms with Gasteiger partial charge in [0.1, 0.15) is 5.78 Å². The summed E-state index contributed by atoms with van der Waals surface area (Å²) in [6.07, 6.45) is 9.21. The van der Waals surface area contributed by atoms with Gasteiger partial charge < -0.3 is 5.11 Å². The van der Waals surface area contributed by atoms with E-state index in [1.165, 1.54) is 11.1 Å². The van der Waals surface area contributed by atoms with Gasteiger partial charge in [-0.1, -0.05) is 57.4 Å². The van der Waals surface area contributed by atoms with Crippen LogP contribution in [0.25, 0.3) is 0 Å². The number of unbranched alkanes of at least 4 members (excludes halogenated alkanes) is 3. The number of rotatable bonds is 13. The second-order valence-electron chi connectivity index (χ2n) is 9.21. The Morgan fingerprint density at radius 1 is 0.741 bits per heavy atom. The van der Waals surface area contributed by atoms with Gasteiger partial charge in [-0.3, -0.25) is 9.59 Å². The van der Waals surface area contributed by atoms with Crippen LogP contribution in [0.5, 0.6) is 0 Å². The fraction of sp³-hybridized carbons (Fsp3) is 0.667. The van der Waals surface area contributed by atoms with E-state index < -0.39 is 11.4 Å². The number of Topliss-reactive ketones (excluding diaryl/α,β-unsaturated/α-hetero) is 1. The van der Waals surface area contributed by atoms with Crippen molar-refractivity contribution in [3.63, 3.8) is 0 Å². The Labute approximate surface area is 165 Å². The van der Waals surface area contributed by atoms with E-state index >= 15 is 0 Å². The zero-order valence-electron chi connectivity index (χ0n) is 17.9. The molecule has 0 bridgehead atoms. The number of carboxylic acid groups (broad SMARTS) is 1. The summed E-state index contributed by atoms with van der Waals surface area (Å²) in [6.45, 7) is 9.36. The molecule has 0 atom stereocenters. The lowest BCUT2D eigenvalue weighted by molar-refractivity contribution is -0.147. The van der Waals surface area contributed by atoms with Gasteiger partial charge in [-0.05, 0) is 70.4 Å². The minimum atomic E-state index is -0.711. The van der Waals surface area contributed by atoms with Crippen molar-refractivity contribution < 1.29 is 14.7 Å². The Kier molecular flexibility index (Phi) is 9.21. The van der Waals surface area contributed by atoms with Crippen LogP contribution in [0, 0.1) is 10.8 Å². The quantitative estimate of drug-likeness (QED) is 0.416. The molecular weight excluding hydrogens is 336 g/mol. The fourth-order valence-corrected chi connectivity index (χ4v) is 3.12. The van der Waals surface area contributed by atoms with E-state index in [2.05, 4.69) is 24.3 Å². The third-order valence-corrected chi connectivity index (χ3v) is 5.84. The van der Waals surface area contributed by atoms with Crippen LogP contribution < -0.4 is 0 Å². The molecule has 3 nitrogen and oxygen atoms in total. The van der Waals surface area contributed by atoms with Crippen molar-refractivity contribution in [1.82, 2.24) is 0 Å². The van der Waals surface area contributed by atoms with Crippen LogP contribution in [0.4, 0.5) is 0 Å². The molecule has 1 aromatic carbocycles. The van der Waals surface area contributed by atoms with E-state index in [-0.39, 0.29) is 11.2 Å². The van der Waals surface area contributed by atoms with Crippen molar-refractivity contribution in [2.75, 3.05) is 0 Å². The van der Waals surface area contributed by atoms with Gasteiger partial charge in [0.15, 0.2) is 0 Å². The number of carbonyl (C=O) groups excluding carboxylic acids is 1. The number of benzene rings is 1. The summed E-state index contributed by atoms with van der Waals surface area (Å²) in [7, 11) is 0. The molecule has 0 aliphatic rings. The van der Waals surface area contributed by atoms with Gasteiger partial charge in [0, 0.05) is 5.41 Å². The van der Waals surface area contributed by atoms with Crippen LogP contribution in [0.3, 0.4) is 0 Å². The average molecular weight is 375 g/mol. The van der Waals surface area contributed by atoms with Crippen LogP contribution in [0.1, 0.15) is 90.7 Å². The third kappa shape index (κ3) is 8.73. The predicted octanol–water partition coefficient (Wildman–Crippen LogP) is 6.23. The van der Waals surface area contributed by atoms with E-state index in [9.17, 15) is 9.59 Å². The van der Waals surface area contributed by atoms with Gasteiger partial charge in [-0.2, -0.15) is 0 Å². The normalized spacial score (nSPS) is 12.2. The molecule has 0 amide bonds. The molecule has 152 valence electrons. The second-order valence-corrected chi connectivity index (χ2v) is 9.21. The summed E-state index contributed by atoms with van der Waals surface area (Å²) in [5, 5.41) is 9.14. The molecule has 1 N–H and O–H groups in total. The molecule has 0 saturated carbocycles. The van der Waals surface area contributed by atoms with Crippen LogP contribution in [0.2, 0.25) is 0 Å². The zero-order valence-corrected chi connectivity index (χ0v) is 17.9. The molecule has 0 unspecified atom stereocenters. The summed E-state index contributed by atoms with van der Waals surface area (Å²) in [6, 6.07) is 8.85. The van der Waals surface area contributed by atoms with Crippen molar-refractivity contribution in [1.29, 1.82) is 0 Å². The molecule has 0 radical (unpaired) electrons. The first kappa shape index (κ1) is 23.4. The Morgan fingerprint density at radius 3 is 1.59 bits per heavy atom. The number of aliphatic carboxylic acids is 1. The lowest BCUT2D eigenvalue weighted by atomic mass is 9.83. The third-order valence-electron chi connectivity index (χ3n) is 5.84. The maximum Gasteiger partial charge on any atom is 0.309 e. The van der Waals surface area contributed by atoms with E-state index in [1.54, 1.807) is 20.8 Å². The molecule has 0 aliphatic carbocycles. The molecule has 0 fully saturated rings. The number of aryl methyl sites for hydroxylation is 2. The van der Waals surface area contributed by atoms with Crippen LogP contribution in [-0.2, 0) is 22.4 Å². The molecular formula is C24H38O3. The van der Waals surface area contributed by atoms with Crippen molar-refractivity contribution in [2.24, 2.45) is 10.8 Å². The maximum atomic E-state index is 11.5. The number of carboxylic acids is 1. The molecule has 1 rings (SSSR count). The van der Waals surface area contributed by atoms with Crippen LogP contribution in [-0.4, -0.2) is 16.9 Å². The highest BCUT2D eigenvalue weighted by Gasteiger charge is 2.26. The Bertz CT molecular complexity index is 597. The van der Waals surface area contributed by atoms with Gasteiger partial charge in [0.05, 0.1) is 5.41 Å². The second kappa shape index (κ2) is 10.6. The SMILES string of the molecule is CC(=O)C(C)(C)CCCCCc1ccc(CCCCC(C)(C)C(=O)O)cc1. The van der Waals surface area contributed by atoms with Gasteiger partial charge in [0.25, 0.3) is 0 Å². The van der Waals surface area contributed by atoms with Crippen molar-refractivity contribution in [2.45, 2.75) is 92.4 Å².